The van der Waals surface area contributed by atoms with Crippen molar-refractivity contribution in [3.63, 3.8) is 0 Å². The molecule has 0 aliphatic heterocycles. The van der Waals surface area contributed by atoms with Gasteiger partial charge >= 0.3 is 6.09 Å². The van der Waals surface area contributed by atoms with Crippen molar-refractivity contribution in [1.82, 2.24) is 0 Å². The van der Waals surface area contributed by atoms with Crippen molar-refractivity contribution < 1.29 is 14.3 Å². The molecule has 0 radical (unpaired) electrons. The van der Waals surface area contributed by atoms with E-state index in [1.165, 1.54) is 6.08 Å². The van der Waals surface area contributed by atoms with Crippen molar-refractivity contribution in [1.29, 1.82) is 0 Å². The number of primary amides is 1. The van der Waals surface area contributed by atoms with E-state index in [9.17, 15) is 9.59 Å². The zero-order valence-corrected chi connectivity index (χ0v) is 8.03. The lowest BCUT2D eigenvalue weighted by molar-refractivity contribution is 0.128. The van der Waals surface area contributed by atoms with Gasteiger partial charge in [0, 0.05) is 0 Å². The Labute approximate surface area is 77.0 Å². The number of hydrogen-bond acceptors (Lipinski definition) is 4. The van der Waals surface area contributed by atoms with Crippen LogP contribution in [-0.2, 0) is 9.53 Å². The highest BCUT2D eigenvalue weighted by Crippen LogP contribution is 2.21. The predicted molar refractivity (Wildman–Crippen MR) is 46.9 cm³/mol. The number of carbonyl (C=O) groups is 1. The SMILES string of the molecule is CC(C)(C)C(COC(N)=O)N=C=O. The molecule has 0 aromatic carbocycles. The van der Waals surface area contributed by atoms with Crippen LogP contribution in [0.1, 0.15) is 20.8 Å². The van der Waals surface area contributed by atoms with Gasteiger partial charge in [0.25, 0.3) is 0 Å². The fourth-order valence-corrected chi connectivity index (χ4v) is 0.706. The van der Waals surface area contributed by atoms with E-state index in [2.05, 4.69) is 9.73 Å². The number of rotatable bonds is 3. The molecule has 5 nitrogen and oxygen atoms in total. The lowest BCUT2D eigenvalue weighted by Crippen LogP contribution is -2.31. The largest absolute Gasteiger partial charge is 0.447 e. The molecular weight excluding hydrogens is 172 g/mol. The molecule has 0 saturated heterocycles. The van der Waals surface area contributed by atoms with Gasteiger partial charge in [0.1, 0.15) is 12.6 Å². The van der Waals surface area contributed by atoms with Gasteiger partial charge in [-0.3, -0.25) is 0 Å². The van der Waals surface area contributed by atoms with Crippen LogP contribution in [0.15, 0.2) is 4.99 Å². The zero-order chi connectivity index (χ0) is 10.5. The first kappa shape index (κ1) is 11.6. The van der Waals surface area contributed by atoms with Crippen LogP contribution in [0.5, 0.6) is 0 Å². The Bertz CT molecular complexity index is 226. The van der Waals surface area contributed by atoms with Gasteiger partial charge in [-0.1, -0.05) is 20.8 Å². The summed E-state index contributed by atoms with van der Waals surface area (Å²) in [6, 6.07) is -0.405. The first-order chi connectivity index (χ1) is 5.88. The van der Waals surface area contributed by atoms with Crippen LogP contribution in [0, 0.1) is 5.41 Å². The van der Waals surface area contributed by atoms with Gasteiger partial charge in [-0.2, -0.15) is 4.99 Å². The summed E-state index contributed by atoms with van der Waals surface area (Å²) >= 11 is 0. The molecule has 0 aliphatic carbocycles. The third kappa shape index (κ3) is 4.98. The number of nitrogens with two attached hydrogens (primary N) is 1. The number of carbonyl (C=O) groups excluding carboxylic acids is 2. The van der Waals surface area contributed by atoms with E-state index in [0.717, 1.165) is 0 Å². The number of ether oxygens (including phenoxy) is 1. The number of isocyanates is 1. The molecule has 0 bridgehead atoms. The lowest BCUT2D eigenvalue weighted by atomic mass is 9.88. The maximum absolute atomic E-state index is 10.3. The van der Waals surface area contributed by atoms with Crippen molar-refractivity contribution in [3.8, 4) is 0 Å². The van der Waals surface area contributed by atoms with Crippen LogP contribution >= 0.6 is 0 Å². The van der Waals surface area contributed by atoms with Crippen LogP contribution in [0.2, 0.25) is 0 Å². The summed E-state index contributed by atoms with van der Waals surface area (Å²) in [5.41, 5.74) is 4.52. The number of hydrogen-bond donors (Lipinski definition) is 1. The van der Waals surface area contributed by atoms with E-state index >= 15 is 0 Å². The monoisotopic (exact) mass is 186 g/mol. The molecule has 2 N–H and O–H groups in total. The van der Waals surface area contributed by atoms with Crippen molar-refractivity contribution in [2.45, 2.75) is 26.8 Å². The standard InChI is InChI=1S/C8H14N2O3/c1-8(2,3)6(10-5-11)4-13-7(9)12/h6H,4H2,1-3H3,(H2,9,12). The highest BCUT2D eigenvalue weighted by Gasteiger charge is 2.25. The second kappa shape index (κ2) is 4.62. The van der Waals surface area contributed by atoms with Crippen molar-refractivity contribution in [2.24, 2.45) is 16.1 Å². The number of nitrogens with zero attached hydrogens (tertiary/aromatic N) is 1. The Morgan fingerprint density at radius 3 is 2.46 bits per heavy atom. The number of aliphatic imine (C=N–C) groups is 1. The van der Waals surface area contributed by atoms with Crippen molar-refractivity contribution in [2.75, 3.05) is 6.61 Å². The fourth-order valence-electron chi connectivity index (χ4n) is 0.706. The van der Waals surface area contributed by atoms with E-state index in [0.29, 0.717) is 0 Å². The Kier molecular flexibility index (Phi) is 4.14. The molecule has 13 heavy (non-hydrogen) atoms. The Morgan fingerprint density at radius 2 is 2.15 bits per heavy atom. The third-order valence-electron chi connectivity index (χ3n) is 1.59. The topological polar surface area (TPSA) is 81.8 Å². The maximum Gasteiger partial charge on any atom is 0.404 e. The smallest absolute Gasteiger partial charge is 0.404 e. The Hall–Kier alpha value is -1.35. The summed E-state index contributed by atoms with van der Waals surface area (Å²) in [6.07, 6.45) is 0.576. The molecule has 1 unspecified atom stereocenters. The van der Waals surface area contributed by atoms with Crippen LogP contribution in [0.3, 0.4) is 0 Å². The molecule has 0 aromatic heterocycles. The van der Waals surface area contributed by atoms with Crippen molar-refractivity contribution in [3.05, 3.63) is 0 Å². The molecule has 0 aliphatic rings. The minimum atomic E-state index is -0.865. The van der Waals surface area contributed by atoms with Crippen LogP contribution in [-0.4, -0.2) is 24.8 Å². The van der Waals surface area contributed by atoms with Crippen LogP contribution < -0.4 is 5.73 Å². The maximum atomic E-state index is 10.3. The van der Waals surface area contributed by atoms with Crippen LogP contribution in [0.4, 0.5) is 4.79 Å². The normalized spacial score (nSPS) is 12.8. The third-order valence-corrected chi connectivity index (χ3v) is 1.59. The van der Waals surface area contributed by atoms with E-state index in [1.54, 1.807) is 0 Å². The first-order valence-corrected chi connectivity index (χ1v) is 3.87. The Morgan fingerprint density at radius 1 is 1.62 bits per heavy atom. The average Bonchev–Trinajstić information content (AvgIpc) is 1.95. The zero-order valence-electron chi connectivity index (χ0n) is 8.03. The summed E-state index contributed by atoms with van der Waals surface area (Å²) < 4.78 is 4.55. The van der Waals surface area contributed by atoms with Gasteiger partial charge in [-0.15, -0.1) is 0 Å². The summed E-state index contributed by atoms with van der Waals surface area (Å²) in [4.78, 5) is 23.9. The van der Waals surface area contributed by atoms with Gasteiger partial charge in [-0.25, -0.2) is 9.59 Å². The molecule has 1 atom stereocenters. The lowest BCUT2D eigenvalue weighted by Gasteiger charge is -2.24. The molecule has 74 valence electrons. The van der Waals surface area contributed by atoms with Gasteiger partial charge in [-0.05, 0) is 5.41 Å². The average molecular weight is 186 g/mol. The summed E-state index contributed by atoms with van der Waals surface area (Å²) in [7, 11) is 0. The first-order valence-electron chi connectivity index (χ1n) is 3.87. The molecular formula is C8H14N2O3. The molecule has 0 aromatic rings. The fraction of sp³-hybridized carbons (Fsp3) is 0.750. The van der Waals surface area contributed by atoms with Gasteiger partial charge in [0.05, 0.1) is 0 Å². The molecule has 0 fully saturated rings. The summed E-state index contributed by atoms with van der Waals surface area (Å²) in [5, 5.41) is 0. The predicted octanol–water partition coefficient (Wildman–Crippen LogP) is 0.832. The second-order valence-electron chi connectivity index (χ2n) is 3.73. The van der Waals surface area contributed by atoms with Gasteiger partial charge < -0.3 is 10.5 Å². The molecule has 0 rings (SSSR count). The minimum Gasteiger partial charge on any atom is -0.447 e. The summed E-state index contributed by atoms with van der Waals surface area (Å²) in [6.45, 7) is 5.64. The highest BCUT2D eigenvalue weighted by atomic mass is 16.5. The molecule has 0 heterocycles. The number of amides is 1. The van der Waals surface area contributed by atoms with E-state index < -0.39 is 12.1 Å². The molecule has 0 spiro atoms. The quantitative estimate of drug-likeness (QED) is 0.523. The van der Waals surface area contributed by atoms with E-state index in [-0.39, 0.29) is 12.0 Å². The Balaban J connectivity index is 4.27. The van der Waals surface area contributed by atoms with Gasteiger partial charge in [0.15, 0.2) is 0 Å². The minimum absolute atomic E-state index is 0.00801. The van der Waals surface area contributed by atoms with Crippen molar-refractivity contribution >= 4 is 12.2 Å². The molecule has 0 saturated carbocycles. The van der Waals surface area contributed by atoms with Gasteiger partial charge in [0.2, 0.25) is 6.08 Å². The van der Waals surface area contributed by atoms with E-state index in [4.69, 9.17) is 5.73 Å². The highest BCUT2D eigenvalue weighted by molar-refractivity contribution is 5.64. The van der Waals surface area contributed by atoms with E-state index in [1.807, 2.05) is 20.8 Å². The summed E-state index contributed by atoms with van der Waals surface area (Å²) in [5.74, 6) is 0. The molecule has 1 amide bonds. The van der Waals surface area contributed by atoms with Crippen LogP contribution in [0.25, 0.3) is 0 Å². The second-order valence-corrected chi connectivity index (χ2v) is 3.73. The molecule has 5 heteroatoms.